The van der Waals surface area contributed by atoms with Gasteiger partial charge in [0.1, 0.15) is 5.82 Å². The van der Waals surface area contributed by atoms with Crippen LogP contribution in [0.3, 0.4) is 0 Å². The molecule has 0 saturated carbocycles. The zero-order valence-electron chi connectivity index (χ0n) is 13.6. The molecule has 2 N–H and O–H groups in total. The number of carbonyl (C=O) groups is 1. The third-order valence-electron chi connectivity index (χ3n) is 4.29. The van der Waals surface area contributed by atoms with Gasteiger partial charge in [-0.2, -0.15) is 0 Å². The zero-order valence-corrected chi connectivity index (χ0v) is 15.2. The maximum atomic E-state index is 14.5. The molecule has 1 fully saturated rings. The number of ether oxygens (including phenoxy) is 1. The number of hydrogen-bond donors (Lipinski definition) is 2. The molecule has 4 nitrogen and oxygen atoms in total. The quantitative estimate of drug-likeness (QED) is 0.831. The van der Waals surface area contributed by atoms with Gasteiger partial charge in [0.2, 0.25) is 5.91 Å². The van der Waals surface area contributed by atoms with Gasteiger partial charge in [-0.05, 0) is 49.4 Å². The summed E-state index contributed by atoms with van der Waals surface area (Å²) in [4.78, 5) is 12.0. The predicted molar refractivity (Wildman–Crippen MR) is 98.6 cm³/mol. The molecule has 0 aromatic heterocycles. The van der Waals surface area contributed by atoms with E-state index in [1.165, 1.54) is 6.42 Å². The minimum absolute atomic E-state index is 0. The average Bonchev–Trinajstić information content (AvgIpc) is 2.59. The molecule has 1 aromatic rings. The molecule has 2 heterocycles. The van der Waals surface area contributed by atoms with Gasteiger partial charge in [0.05, 0.1) is 17.5 Å². The van der Waals surface area contributed by atoms with Crippen molar-refractivity contribution in [2.45, 2.75) is 38.3 Å². The fourth-order valence-electron chi connectivity index (χ4n) is 3.04. The van der Waals surface area contributed by atoms with Crippen LogP contribution in [0.2, 0.25) is 0 Å². The Labute approximate surface area is 152 Å². The number of thioether (sulfide) groups is 1. The highest BCUT2D eigenvalue weighted by Gasteiger charge is 2.18. The number of rotatable bonds is 5. The normalized spacial score (nSPS) is 20.0. The largest absolute Gasteiger partial charge is 0.377 e. The summed E-state index contributed by atoms with van der Waals surface area (Å²) in [6, 6.07) is 3.55. The van der Waals surface area contributed by atoms with Gasteiger partial charge < -0.3 is 15.4 Å². The summed E-state index contributed by atoms with van der Waals surface area (Å²) in [6.07, 6.45) is 4.33. The molecule has 0 spiro atoms. The third-order valence-corrected chi connectivity index (χ3v) is 5.37. The Morgan fingerprint density at radius 2 is 2.29 bits per heavy atom. The van der Waals surface area contributed by atoms with Crippen LogP contribution in [-0.2, 0) is 22.5 Å². The molecule has 1 amide bonds. The van der Waals surface area contributed by atoms with Crippen molar-refractivity contribution in [2.75, 3.05) is 30.0 Å². The van der Waals surface area contributed by atoms with E-state index < -0.39 is 0 Å². The lowest BCUT2D eigenvalue weighted by atomic mass is 9.99. The molecule has 24 heavy (non-hydrogen) atoms. The Bertz CT molecular complexity index is 568. The van der Waals surface area contributed by atoms with Crippen molar-refractivity contribution in [1.29, 1.82) is 0 Å². The summed E-state index contributed by atoms with van der Waals surface area (Å²) in [6.45, 7) is 2.29. The zero-order chi connectivity index (χ0) is 16.1. The smallest absolute Gasteiger partial charge is 0.234 e. The standard InChI is InChI=1S/C17H23FN2O2S.ClH/c18-17-14-6-7-19-9-12(14)4-5-15(17)20-16(21)11-23-10-13-3-1-2-8-22-13;/h4-5,13,19H,1-3,6-11H2,(H,20,21);1H. The van der Waals surface area contributed by atoms with Crippen LogP contribution in [0.5, 0.6) is 0 Å². The van der Waals surface area contributed by atoms with E-state index >= 15 is 0 Å². The van der Waals surface area contributed by atoms with Gasteiger partial charge in [-0.25, -0.2) is 4.39 Å². The summed E-state index contributed by atoms with van der Waals surface area (Å²) >= 11 is 1.55. The molecule has 1 unspecified atom stereocenters. The fourth-order valence-corrected chi connectivity index (χ4v) is 3.94. The Kier molecular flexibility index (Phi) is 7.81. The molecule has 1 atom stereocenters. The monoisotopic (exact) mass is 374 g/mol. The van der Waals surface area contributed by atoms with E-state index in [9.17, 15) is 9.18 Å². The molecule has 0 aliphatic carbocycles. The van der Waals surface area contributed by atoms with Crippen LogP contribution in [0.25, 0.3) is 0 Å². The van der Waals surface area contributed by atoms with Crippen LogP contribution < -0.4 is 10.6 Å². The summed E-state index contributed by atoms with van der Waals surface area (Å²) < 4.78 is 20.1. The molecule has 0 radical (unpaired) electrons. The number of amides is 1. The summed E-state index contributed by atoms with van der Waals surface area (Å²) in [7, 11) is 0. The fraction of sp³-hybridized carbons (Fsp3) is 0.588. The molecule has 2 aliphatic heterocycles. The summed E-state index contributed by atoms with van der Waals surface area (Å²) in [5, 5.41) is 5.92. The van der Waals surface area contributed by atoms with Crippen molar-refractivity contribution < 1.29 is 13.9 Å². The highest BCUT2D eigenvalue weighted by Crippen LogP contribution is 2.25. The minimum atomic E-state index is -0.280. The van der Waals surface area contributed by atoms with E-state index in [0.29, 0.717) is 24.4 Å². The first kappa shape index (κ1) is 19.5. The first-order valence-corrected chi connectivity index (χ1v) is 9.39. The molecular weight excluding hydrogens is 351 g/mol. The second-order valence-corrected chi connectivity index (χ2v) is 7.07. The molecule has 7 heteroatoms. The molecule has 134 valence electrons. The van der Waals surface area contributed by atoms with Crippen LogP contribution in [0.15, 0.2) is 12.1 Å². The number of benzene rings is 1. The topological polar surface area (TPSA) is 50.4 Å². The van der Waals surface area contributed by atoms with Gasteiger partial charge in [-0.3, -0.25) is 4.79 Å². The van der Waals surface area contributed by atoms with Crippen molar-refractivity contribution in [3.63, 3.8) is 0 Å². The Morgan fingerprint density at radius 3 is 3.08 bits per heavy atom. The molecule has 1 saturated heterocycles. The third kappa shape index (κ3) is 5.09. The molecular formula is C17H24ClFN2O2S. The highest BCUT2D eigenvalue weighted by molar-refractivity contribution is 8.00. The van der Waals surface area contributed by atoms with Gasteiger partial charge in [-0.1, -0.05) is 6.07 Å². The maximum Gasteiger partial charge on any atom is 0.234 e. The summed E-state index contributed by atoms with van der Waals surface area (Å²) in [5.41, 5.74) is 2.01. The molecule has 3 rings (SSSR count). The lowest BCUT2D eigenvalue weighted by molar-refractivity contribution is -0.113. The number of hydrogen-bond acceptors (Lipinski definition) is 4. The van der Waals surface area contributed by atoms with E-state index in [-0.39, 0.29) is 30.2 Å². The van der Waals surface area contributed by atoms with Crippen molar-refractivity contribution in [3.8, 4) is 0 Å². The van der Waals surface area contributed by atoms with Gasteiger partial charge in [0.25, 0.3) is 0 Å². The van der Waals surface area contributed by atoms with Crippen LogP contribution in [0.1, 0.15) is 30.4 Å². The SMILES string of the molecule is Cl.O=C(CSCC1CCCCO1)Nc1ccc2c(c1F)CCNC2. The van der Waals surface area contributed by atoms with E-state index in [1.54, 1.807) is 17.8 Å². The van der Waals surface area contributed by atoms with Gasteiger partial charge in [0, 0.05) is 18.9 Å². The summed E-state index contributed by atoms with van der Waals surface area (Å²) in [5.74, 6) is 0.723. The van der Waals surface area contributed by atoms with Gasteiger partial charge in [0.15, 0.2) is 0 Å². The van der Waals surface area contributed by atoms with Gasteiger partial charge in [-0.15, -0.1) is 24.2 Å². The van der Waals surface area contributed by atoms with Crippen molar-refractivity contribution in [3.05, 3.63) is 29.1 Å². The van der Waals surface area contributed by atoms with Crippen molar-refractivity contribution >= 4 is 35.8 Å². The second-order valence-electron chi connectivity index (χ2n) is 6.04. The number of carbonyl (C=O) groups excluding carboxylic acids is 1. The van der Waals surface area contributed by atoms with Crippen molar-refractivity contribution in [2.24, 2.45) is 0 Å². The maximum absolute atomic E-state index is 14.5. The van der Waals surface area contributed by atoms with E-state index in [4.69, 9.17) is 4.74 Å². The van der Waals surface area contributed by atoms with E-state index in [0.717, 1.165) is 42.9 Å². The highest BCUT2D eigenvalue weighted by atomic mass is 35.5. The first-order chi connectivity index (χ1) is 11.2. The average molecular weight is 375 g/mol. The van der Waals surface area contributed by atoms with E-state index in [2.05, 4.69) is 10.6 Å². The Balaban J connectivity index is 0.00000208. The van der Waals surface area contributed by atoms with Gasteiger partial charge >= 0.3 is 0 Å². The molecule has 2 aliphatic rings. The number of anilines is 1. The number of halogens is 2. The van der Waals surface area contributed by atoms with Crippen LogP contribution in [0.4, 0.5) is 10.1 Å². The molecule has 1 aromatic carbocycles. The minimum Gasteiger partial charge on any atom is -0.377 e. The predicted octanol–water partition coefficient (Wildman–Crippen LogP) is 3.13. The van der Waals surface area contributed by atoms with Crippen LogP contribution in [0, 0.1) is 5.82 Å². The van der Waals surface area contributed by atoms with Crippen LogP contribution >= 0.6 is 24.2 Å². The van der Waals surface area contributed by atoms with E-state index in [1.807, 2.05) is 6.07 Å². The number of fused-ring (bicyclic) bond motifs is 1. The molecule has 0 bridgehead atoms. The lowest BCUT2D eigenvalue weighted by Gasteiger charge is -2.22. The van der Waals surface area contributed by atoms with Crippen LogP contribution in [-0.4, -0.2) is 36.7 Å². The second kappa shape index (κ2) is 9.61. The lowest BCUT2D eigenvalue weighted by Crippen LogP contribution is -2.25. The first-order valence-electron chi connectivity index (χ1n) is 8.24. The number of nitrogens with one attached hydrogen (secondary N) is 2. The van der Waals surface area contributed by atoms with Crippen molar-refractivity contribution in [1.82, 2.24) is 5.32 Å². The Morgan fingerprint density at radius 1 is 1.42 bits per heavy atom. The Hall–Kier alpha value is -0.820.